The van der Waals surface area contributed by atoms with Crippen molar-refractivity contribution in [1.29, 1.82) is 0 Å². The van der Waals surface area contributed by atoms with Crippen LogP contribution in [0.3, 0.4) is 0 Å². The van der Waals surface area contributed by atoms with E-state index in [-0.39, 0.29) is 48.2 Å². The van der Waals surface area contributed by atoms with E-state index in [0.29, 0.717) is 55.6 Å². The van der Waals surface area contributed by atoms with E-state index in [1.165, 1.54) is 18.7 Å². The molecule has 3 aromatic carbocycles. The molecule has 4 aromatic rings. The maximum atomic E-state index is 13.5. The lowest BCUT2D eigenvalue weighted by atomic mass is 9.81. The van der Waals surface area contributed by atoms with Gasteiger partial charge in [-0.2, -0.15) is 0 Å². The quantitative estimate of drug-likeness (QED) is 0.0652. The summed E-state index contributed by atoms with van der Waals surface area (Å²) in [6.07, 6.45) is 9.19. The summed E-state index contributed by atoms with van der Waals surface area (Å²) in [7, 11) is 0. The van der Waals surface area contributed by atoms with Crippen molar-refractivity contribution in [3.8, 4) is 0 Å². The predicted molar refractivity (Wildman–Crippen MR) is 260 cm³/mol. The highest BCUT2D eigenvalue weighted by Gasteiger charge is 2.33. The average Bonchev–Trinajstić information content (AvgIpc) is 3.85. The maximum absolute atomic E-state index is 13.5. The van der Waals surface area contributed by atoms with Gasteiger partial charge in [-0.3, -0.25) is 19.2 Å². The second-order valence-electron chi connectivity index (χ2n) is 16.1. The molecule has 0 radical (unpaired) electrons. The normalized spacial score (nSPS) is 14.9. The number of hydrogen-bond acceptors (Lipinski definition) is 8. The third-order valence-corrected chi connectivity index (χ3v) is 13.6. The van der Waals surface area contributed by atoms with Crippen LogP contribution < -0.4 is 27.4 Å². The first-order valence-corrected chi connectivity index (χ1v) is 23.8. The Labute approximate surface area is 407 Å². The van der Waals surface area contributed by atoms with Gasteiger partial charge in [-0.05, 0) is 77.3 Å². The van der Waals surface area contributed by atoms with E-state index < -0.39 is 23.9 Å². The van der Waals surface area contributed by atoms with Crippen LogP contribution in [0.4, 0.5) is 0 Å². The van der Waals surface area contributed by atoms with Crippen molar-refractivity contribution >= 4 is 93.1 Å². The first-order chi connectivity index (χ1) is 30.5. The van der Waals surface area contributed by atoms with Crippen molar-refractivity contribution < 1.29 is 23.7 Å². The number of rotatable bonds is 18. The van der Waals surface area contributed by atoms with Gasteiger partial charge >= 0.3 is 0 Å². The molecule has 17 heteroatoms. The molecule has 0 bridgehead atoms. The van der Waals surface area contributed by atoms with Crippen molar-refractivity contribution in [2.75, 3.05) is 0 Å². The van der Waals surface area contributed by atoms with Gasteiger partial charge in [0.15, 0.2) is 5.78 Å². The van der Waals surface area contributed by atoms with E-state index in [9.17, 15) is 19.2 Å². The molecule has 3 amide bonds. The fourth-order valence-electron chi connectivity index (χ4n) is 6.89. The zero-order valence-corrected chi connectivity index (χ0v) is 41.2. The van der Waals surface area contributed by atoms with Crippen LogP contribution in [0.15, 0.2) is 71.4 Å². The number of carbonyl (C=O) groups excluding carboxylic acids is 4. The highest BCUT2D eigenvalue weighted by atomic mass is 35.5. The molecule has 0 spiro atoms. The number of hydrogen-bond donors (Lipinski definition) is 5. The second-order valence-corrected chi connectivity index (χ2v) is 18.5. The predicted octanol–water partition coefficient (Wildman–Crippen LogP) is 11.4. The number of nitrogens with two attached hydrogens (primary N) is 2. The first kappa shape index (κ1) is 54.9. The minimum Gasteiger partial charge on any atom is -0.352 e. The number of ketones is 1. The van der Waals surface area contributed by atoms with E-state index in [0.717, 1.165) is 55.2 Å². The highest BCUT2D eigenvalue weighted by molar-refractivity contribution is 6.43. The van der Waals surface area contributed by atoms with Crippen LogP contribution in [-0.4, -0.2) is 40.7 Å². The van der Waals surface area contributed by atoms with Crippen molar-refractivity contribution in [3.05, 3.63) is 119 Å². The third-order valence-electron chi connectivity index (χ3n) is 11.4. The molecule has 7 N–H and O–H groups in total. The van der Waals surface area contributed by atoms with Gasteiger partial charge in [0.2, 0.25) is 17.6 Å². The number of benzene rings is 3. The Kier molecular flexibility index (Phi) is 24.6. The number of nitrogens with zero attached hydrogens (tertiary/aromatic N) is 1. The van der Waals surface area contributed by atoms with Crippen LogP contribution in [0.5, 0.6) is 0 Å². The molecule has 0 aliphatic heterocycles. The number of Topliss-reactive ketones (excluding diaryl/α,β-unsaturated/α-hetero) is 1. The lowest BCUT2D eigenvalue weighted by Crippen LogP contribution is -2.45. The summed E-state index contributed by atoms with van der Waals surface area (Å²) in [6.45, 7) is 9.13. The zero-order valence-electron chi connectivity index (χ0n) is 36.7. The molecule has 350 valence electrons. The van der Waals surface area contributed by atoms with E-state index in [1.807, 2.05) is 39.8 Å². The SMILES string of the molecule is CC[C@H](C)[C@H](CC(=O)[C@H](CC1CCCCC1)NC(=O)c1ccno1)C(=O)NCc1ccc(Cl)c(Cl)c1.CC[C@H](C)[C@H](N)C(=O)NCc1ccc(Cl)c(Cl)c1.NCc1ccc(Cl)c(Cl)c1. The summed E-state index contributed by atoms with van der Waals surface area (Å²) >= 11 is 35.2. The lowest BCUT2D eigenvalue weighted by Gasteiger charge is -2.28. The van der Waals surface area contributed by atoms with Crippen molar-refractivity contribution in [2.24, 2.45) is 35.1 Å². The van der Waals surface area contributed by atoms with Gasteiger partial charge in [0, 0.05) is 38.0 Å². The van der Waals surface area contributed by atoms with E-state index in [4.69, 9.17) is 85.6 Å². The molecular weight excluding hydrogens is 941 g/mol. The third kappa shape index (κ3) is 18.5. The van der Waals surface area contributed by atoms with Gasteiger partial charge < -0.3 is 31.9 Å². The average molecular weight is 1000 g/mol. The van der Waals surface area contributed by atoms with Gasteiger partial charge in [-0.25, -0.2) is 0 Å². The molecule has 1 fully saturated rings. The second kappa shape index (κ2) is 28.6. The van der Waals surface area contributed by atoms with E-state index >= 15 is 0 Å². The summed E-state index contributed by atoms with van der Waals surface area (Å²) in [6, 6.07) is 16.2. The van der Waals surface area contributed by atoms with Gasteiger partial charge in [0.05, 0.1) is 48.4 Å². The van der Waals surface area contributed by atoms with Crippen molar-refractivity contribution in [3.63, 3.8) is 0 Å². The Hall–Kier alpha value is -3.39. The monoisotopic (exact) mass is 998 g/mol. The summed E-state index contributed by atoms with van der Waals surface area (Å²) in [5, 5.41) is 15.2. The maximum Gasteiger partial charge on any atom is 0.290 e. The molecule has 1 aliphatic carbocycles. The Balaban J connectivity index is 0.000000319. The topological polar surface area (TPSA) is 182 Å². The summed E-state index contributed by atoms with van der Waals surface area (Å²) in [5.41, 5.74) is 13.9. The number of carbonyl (C=O) groups is 4. The largest absolute Gasteiger partial charge is 0.352 e. The molecule has 1 saturated carbocycles. The van der Waals surface area contributed by atoms with Crippen molar-refractivity contribution in [2.45, 2.75) is 117 Å². The van der Waals surface area contributed by atoms with Gasteiger partial charge in [0.25, 0.3) is 5.91 Å². The number of nitrogens with one attached hydrogen (secondary N) is 3. The minimum atomic E-state index is -0.680. The first-order valence-electron chi connectivity index (χ1n) is 21.5. The molecule has 1 aromatic heterocycles. The molecule has 0 unspecified atom stereocenters. The summed E-state index contributed by atoms with van der Waals surface area (Å²) in [4.78, 5) is 51.2. The molecule has 0 saturated heterocycles. The van der Waals surface area contributed by atoms with Crippen molar-refractivity contribution in [1.82, 2.24) is 21.1 Å². The van der Waals surface area contributed by atoms with Gasteiger partial charge in [-0.1, -0.05) is 166 Å². The van der Waals surface area contributed by atoms with Crippen LogP contribution in [0.2, 0.25) is 30.1 Å². The Bertz CT molecular complexity index is 2100. The fourth-order valence-corrected chi connectivity index (χ4v) is 7.85. The number of amides is 3. The summed E-state index contributed by atoms with van der Waals surface area (Å²) < 4.78 is 4.98. The van der Waals surface area contributed by atoms with Crippen LogP contribution in [-0.2, 0) is 34.0 Å². The molecule has 11 nitrogen and oxygen atoms in total. The molecule has 1 heterocycles. The molecular formula is C47H60Cl6N6O5. The Morgan fingerprint density at radius 2 is 1.20 bits per heavy atom. The lowest BCUT2D eigenvalue weighted by molar-refractivity contribution is -0.132. The van der Waals surface area contributed by atoms with E-state index in [2.05, 4.69) is 21.1 Å². The Morgan fingerprint density at radius 3 is 1.67 bits per heavy atom. The molecule has 64 heavy (non-hydrogen) atoms. The van der Waals surface area contributed by atoms with Crippen LogP contribution in [0.1, 0.15) is 113 Å². The fraction of sp³-hybridized carbons (Fsp3) is 0.468. The number of halogens is 6. The summed E-state index contributed by atoms with van der Waals surface area (Å²) in [5.74, 6) is -0.864. The smallest absolute Gasteiger partial charge is 0.290 e. The highest BCUT2D eigenvalue weighted by Crippen LogP contribution is 2.30. The van der Waals surface area contributed by atoms with Crippen LogP contribution >= 0.6 is 69.6 Å². The zero-order chi connectivity index (χ0) is 47.3. The number of aromatic nitrogens is 1. The Morgan fingerprint density at radius 1 is 0.703 bits per heavy atom. The molecule has 5 rings (SSSR count). The molecule has 1 aliphatic rings. The minimum absolute atomic E-state index is 0.0111. The van der Waals surface area contributed by atoms with Gasteiger partial charge in [-0.15, -0.1) is 0 Å². The standard InChI is InChI=1S/C27H35Cl2N3O4.C13H18Cl2N2O.C7H7Cl2N/c1-3-17(2)20(26(34)30-16-19-9-10-21(28)22(29)13-19)15-24(33)23(14-18-7-5-4-6-8-18)32-27(35)25-11-12-31-36-25;1-3-8(2)12(16)13(18)17-7-9-4-5-10(14)11(15)6-9;8-6-2-1-5(4-10)3-7(6)9/h9-13,17-18,20,23H,3-8,14-16H2,1-2H3,(H,30,34)(H,32,35);4-6,8,12H,3,7,16H2,1-2H3,(H,17,18);1-3H,4,10H2/t17-,20-,23-;8-,12-;/m00./s1. The molecule has 5 atom stereocenters. The van der Waals surface area contributed by atoms with Crippen LogP contribution in [0, 0.1) is 23.7 Å². The van der Waals surface area contributed by atoms with Crippen LogP contribution in [0.25, 0.3) is 0 Å². The van der Waals surface area contributed by atoms with E-state index in [1.54, 1.807) is 42.5 Å². The van der Waals surface area contributed by atoms with Gasteiger partial charge in [0.1, 0.15) is 0 Å².